The van der Waals surface area contributed by atoms with Gasteiger partial charge in [0.2, 0.25) is 11.5 Å². The van der Waals surface area contributed by atoms with Crippen LogP contribution in [-0.2, 0) is 14.3 Å². The van der Waals surface area contributed by atoms with Crippen molar-refractivity contribution in [2.75, 3.05) is 0 Å². The lowest BCUT2D eigenvalue weighted by molar-refractivity contribution is -0.139. The maximum atomic E-state index is 13.5. The highest BCUT2D eigenvalue weighted by Gasteiger charge is 2.77. The maximum Gasteiger partial charge on any atom is 0.237 e. The number of hydrogen-bond donors (Lipinski definition) is 1. The fourth-order valence-corrected chi connectivity index (χ4v) is 6.01. The van der Waals surface area contributed by atoms with E-state index in [0.717, 1.165) is 44.1 Å². The van der Waals surface area contributed by atoms with E-state index in [2.05, 4.69) is 6.08 Å². The first kappa shape index (κ1) is 17.1. The second-order valence-electron chi connectivity index (χ2n) is 8.70. The molecule has 4 nitrogen and oxygen atoms in total. The molecule has 0 heterocycles. The van der Waals surface area contributed by atoms with Gasteiger partial charge in [-0.3, -0.25) is 4.79 Å². The van der Waals surface area contributed by atoms with Gasteiger partial charge in [-0.15, -0.1) is 0 Å². The van der Waals surface area contributed by atoms with Gasteiger partial charge in [0.05, 0.1) is 17.6 Å². The van der Waals surface area contributed by atoms with Crippen molar-refractivity contribution in [3.05, 3.63) is 23.2 Å². The van der Waals surface area contributed by atoms with Crippen LogP contribution in [0, 0.1) is 17.3 Å². The van der Waals surface area contributed by atoms with Crippen LogP contribution in [-0.4, -0.2) is 28.7 Å². The molecule has 138 valence electrons. The molecule has 0 aliphatic heterocycles. The molecule has 0 aromatic heterocycles. The fourth-order valence-electron chi connectivity index (χ4n) is 6.01. The molecular weight excluding hydrogens is 316 g/mol. The number of fused-ring (bicyclic) bond motifs is 3. The third-order valence-electron chi connectivity index (χ3n) is 6.60. The number of ketones is 1. The monoisotopic (exact) mass is 346 g/mol. The van der Waals surface area contributed by atoms with E-state index in [1.807, 2.05) is 27.7 Å². The molecule has 0 unspecified atom stereocenters. The van der Waals surface area contributed by atoms with Crippen molar-refractivity contribution in [2.24, 2.45) is 17.3 Å². The van der Waals surface area contributed by atoms with E-state index >= 15 is 0 Å². The van der Waals surface area contributed by atoms with E-state index < -0.39 is 11.0 Å². The van der Waals surface area contributed by atoms with E-state index in [9.17, 15) is 9.90 Å². The summed E-state index contributed by atoms with van der Waals surface area (Å²) in [6.45, 7) is 7.78. The number of carbonyl (C=O) groups is 1. The lowest BCUT2D eigenvalue weighted by atomic mass is 9.70. The standard InChI is InChI=1S/C21H30O4/c1-12(2)24-17-18(22)21(23)16-9-6-5-8-14(16)15-10-7-11-20(15,21)19(17)25-13(3)4/h9,12-15,23H,5-8,10-11H2,1-4H3/t14-,15-,20-,21-/m1/s1. The average molecular weight is 346 g/mol. The zero-order valence-corrected chi connectivity index (χ0v) is 15.8. The van der Waals surface area contributed by atoms with Gasteiger partial charge in [-0.1, -0.05) is 12.5 Å². The van der Waals surface area contributed by atoms with Crippen LogP contribution in [0.4, 0.5) is 0 Å². The summed E-state index contributed by atoms with van der Waals surface area (Å²) in [7, 11) is 0. The first-order valence-electron chi connectivity index (χ1n) is 9.89. The summed E-state index contributed by atoms with van der Waals surface area (Å²) in [6.07, 6.45) is 8.01. The lowest BCUT2D eigenvalue weighted by Crippen LogP contribution is -2.49. The van der Waals surface area contributed by atoms with Crippen LogP contribution in [0.5, 0.6) is 0 Å². The van der Waals surface area contributed by atoms with Crippen LogP contribution in [0.3, 0.4) is 0 Å². The minimum absolute atomic E-state index is 0.0526. The molecule has 2 fully saturated rings. The summed E-state index contributed by atoms with van der Waals surface area (Å²) >= 11 is 0. The minimum atomic E-state index is -1.45. The number of hydrogen-bond acceptors (Lipinski definition) is 4. The van der Waals surface area contributed by atoms with E-state index in [0.29, 0.717) is 11.7 Å². The molecule has 0 radical (unpaired) electrons. The van der Waals surface area contributed by atoms with Crippen molar-refractivity contribution in [1.82, 2.24) is 0 Å². The number of carbonyl (C=O) groups excluding carboxylic acids is 1. The van der Waals surface area contributed by atoms with Crippen molar-refractivity contribution >= 4 is 5.78 Å². The summed E-state index contributed by atoms with van der Waals surface area (Å²) in [5.74, 6) is 1.26. The Hall–Kier alpha value is -1.29. The number of rotatable bonds is 4. The quantitative estimate of drug-likeness (QED) is 0.785. The molecule has 4 heteroatoms. The largest absolute Gasteiger partial charge is 0.491 e. The van der Waals surface area contributed by atoms with Crippen molar-refractivity contribution in [1.29, 1.82) is 0 Å². The Morgan fingerprint density at radius 1 is 1.12 bits per heavy atom. The Morgan fingerprint density at radius 3 is 2.52 bits per heavy atom. The molecule has 0 amide bonds. The van der Waals surface area contributed by atoms with Crippen LogP contribution in [0.1, 0.15) is 66.2 Å². The number of aliphatic hydroxyl groups is 1. The zero-order chi connectivity index (χ0) is 18.0. The first-order chi connectivity index (χ1) is 11.8. The number of allylic oxidation sites excluding steroid dienone is 1. The molecule has 0 bridgehead atoms. The third-order valence-corrected chi connectivity index (χ3v) is 6.60. The van der Waals surface area contributed by atoms with Gasteiger partial charge in [0, 0.05) is 0 Å². The van der Waals surface area contributed by atoms with Crippen molar-refractivity contribution < 1.29 is 19.4 Å². The molecule has 4 atom stereocenters. The summed E-state index contributed by atoms with van der Waals surface area (Å²) in [5, 5.41) is 11.9. The molecule has 0 saturated heterocycles. The highest BCUT2D eigenvalue weighted by atomic mass is 16.5. The van der Waals surface area contributed by atoms with Crippen molar-refractivity contribution in [3.63, 3.8) is 0 Å². The summed E-state index contributed by atoms with van der Waals surface area (Å²) in [4.78, 5) is 13.5. The fraction of sp³-hybridized carbons (Fsp3) is 0.762. The Labute approximate surface area is 150 Å². The predicted molar refractivity (Wildman–Crippen MR) is 94.6 cm³/mol. The number of ether oxygens (including phenoxy) is 2. The first-order valence-corrected chi connectivity index (χ1v) is 9.89. The van der Waals surface area contributed by atoms with E-state index in [1.165, 1.54) is 0 Å². The summed E-state index contributed by atoms with van der Waals surface area (Å²) < 4.78 is 12.2. The molecule has 1 N–H and O–H groups in total. The SMILES string of the molecule is CC(C)OC1=C(OC(C)C)[C@@]23CCC[C@@H]2[C@H]2CCCC=C2[C@@]3(O)C1=O. The van der Waals surface area contributed by atoms with Crippen molar-refractivity contribution in [2.45, 2.75) is 84.0 Å². The Morgan fingerprint density at radius 2 is 1.84 bits per heavy atom. The molecular formula is C21H30O4. The number of Topliss-reactive ketones (excluding diaryl/α,β-unsaturated/α-hetero) is 1. The molecule has 4 aliphatic rings. The Kier molecular flexibility index (Phi) is 3.84. The minimum Gasteiger partial charge on any atom is -0.491 e. The molecule has 25 heavy (non-hydrogen) atoms. The highest BCUT2D eigenvalue weighted by molar-refractivity contribution is 6.08. The van der Waals surface area contributed by atoms with Gasteiger partial charge in [-0.05, 0) is 77.2 Å². The van der Waals surface area contributed by atoms with Gasteiger partial charge in [-0.25, -0.2) is 0 Å². The van der Waals surface area contributed by atoms with E-state index in [1.54, 1.807) is 0 Å². The van der Waals surface area contributed by atoms with Gasteiger partial charge in [0.1, 0.15) is 0 Å². The molecule has 1 spiro atoms. The molecule has 0 aromatic carbocycles. The molecule has 2 saturated carbocycles. The second-order valence-corrected chi connectivity index (χ2v) is 8.70. The Balaban J connectivity index is 1.93. The van der Waals surface area contributed by atoms with Gasteiger partial charge >= 0.3 is 0 Å². The second kappa shape index (κ2) is 5.60. The normalized spacial score (nSPS) is 39.6. The zero-order valence-electron chi connectivity index (χ0n) is 15.8. The van der Waals surface area contributed by atoms with Crippen LogP contribution < -0.4 is 0 Å². The highest BCUT2D eigenvalue weighted by Crippen LogP contribution is 2.72. The van der Waals surface area contributed by atoms with Crippen molar-refractivity contribution in [3.8, 4) is 0 Å². The maximum absolute atomic E-state index is 13.5. The van der Waals surface area contributed by atoms with Gasteiger partial charge < -0.3 is 14.6 Å². The Bertz CT molecular complexity index is 659. The van der Waals surface area contributed by atoms with E-state index in [4.69, 9.17) is 9.47 Å². The predicted octanol–water partition coefficient (Wildman–Crippen LogP) is 3.89. The van der Waals surface area contributed by atoms with Gasteiger partial charge in [0.25, 0.3) is 0 Å². The summed E-state index contributed by atoms with van der Waals surface area (Å²) in [6, 6.07) is 0. The lowest BCUT2D eigenvalue weighted by Gasteiger charge is -2.37. The van der Waals surface area contributed by atoms with Gasteiger partial charge in [-0.2, -0.15) is 0 Å². The summed E-state index contributed by atoms with van der Waals surface area (Å²) in [5.41, 5.74) is -1.10. The van der Waals surface area contributed by atoms with Crippen LogP contribution in [0.2, 0.25) is 0 Å². The topological polar surface area (TPSA) is 55.8 Å². The smallest absolute Gasteiger partial charge is 0.237 e. The molecule has 0 aromatic rings. The third kappa shape index (κ3) is 2.00. The molecule has 4 aliphatic carbocycles. The van der Waals surface area contributed by atoms with E-state index in [-0.39, 0.29) is 29.7 Å². The van der Waals surface area contributed by atoms with Gasteiger partial charge in [0.15, 0.2) is 11.4 Å². The van der Waals surface area contributed by atoms with Crippen LogP contribution >= 0.6 is 0 Å². The average Bonchev–Trinajstić information content (AvgIpc) is 3.13. The molecule has 4 rings (SSSR count). The van der Waals surface area contributed by atoms with Crippen LogP contribution in [0.15, 0.2) is 23.2 Å². The van der Waals surface area contributed by atoms with Crippen LogP contribution in [0.25, 0.3) is 0 Å².